The summed E-state index contributed by atoms with van der Waals surface area (Å²) in [4.78, 5) is 12.6. The molecule has 1 atom stereocenters. The Bertz CT molecular complexity index is 764. The molecule has 2 N–H and O–H groups in total. The van der Waals surface area contributed by atoms with Gasteiger partial charge in [0.1, 0.15) is 11.5 Å². The summed E-state index contributed by atoms with van der Waals surface area (Å²) in [5.41, 5.74) is 2.79. The summed E-state index contributed by atoms with van der Waals surface area (Å²) in [6, 6.07) is 6.91. The van der Waals surface area contributed by atoms with E-state index in [-0.39, 0.29) is 11.7 Å². The number of amides is 1. The highest BCUT2D eigenvalue weighted by atomic mass is 19.1. The van der Waals surface area contributed by atoms with Crippen molar-refractivity contribution >= 4 is 5.91 Å². The number of hydrogen-bond donors (Lipinski definition) is 2. The van der Waals surface area contributed by atoms with Crippen molar-refractivity contribution in [3.63, 3.8) is 0 Å². The summed E-state index contributed by atoms with van der Waals surface area (Å²) in [5.74, 6) is -0.478. The summed E-state index contributed by atoms with van der Waals surface area (Å²) >= 11 is 0. The van der Waals surface area contributed by atoms with Gasteiger partial charge in [-0.3, -0.25) is 4.79 Å². The quantitative estimate of drug-likeness (QED) is 0.902. The molecule has 2 aromatic rings. The molecule has 126 valence electrons. The fourth-order valence-electron chi connectivity index (χ4n) is 3.67. The molecule has 1 amide bonds. The van der Waals surface area contributed by atoms with Crippen LogP contribution in [-0.2, 0) is 12.8 Å². The highest BCUT2D eigenvalue weighted by Gasteiger charge is 2.28. The largest absolute Gasteiger partial charge is 0.349 e. The second-order valence-corrected chi connectivity index (χ2v) is 6.49. The molecule has 24 heavy (non-hydrogen) atoms. The molecule has 1 aromatic carbocycles. The zero-order chi connectivity index (χ0) is 16.5. The first-order valence-electron chi connectivity index (χ1n) is 8.61. The van der Waals surface area contributed by atoms with Crippen molar-refractivity contribution < 1.29 is 9.18 Å². The van der Waals surface area contributed by atoms with Crippen LogP contribution in [0.2, 0.25) is 0 Å². The molecule has 4 rings (SSSR count). The molecule has 0 bridgehead atoms. The third-order valence-corrected chi connectivity index (χ3v) is 4.90. The normalized spacial score (nSPS) is 19.5. The van der Waals surface area contributed by atoms with Crippen LogP contribution in [0, 0.1) is 5.82 Å². The van der Waals surface area contributed by atoms with Crippen LogP contribution in [0.5, 0.6) is 0 Å². The number of nitrogens with one attached hydrogen (secondary N) is 2. The van der Waals surface area contributed by atoms with Crippen LogP contribution in [0.4, 0.5) is 4.39 Å². The van der Waals surface area contributed by atoms with Gasteiger partial charge >= 0.3 is 0 Å². The molecule has 1 fully saturated rings. The van der Waals surface area contributed by atoms with Crippen LogP contribution in [0.25, 0.3) is 5.69 Å². The fourth-order valence-corrected chi connectivity index (χ4v) is 3.67. The first kappa shape index (κ1) is 15.3. The maximum Gasteiger partial charge on any atom is 0.272 e. The predicted octanol–water partition coefficient (Wildman–Crippen LogP) is 1.98. The number of fused-ring (bicyclic) bond motifs is 1. The third-order valence-electron chi connectivity index (χ3n) is 4.90. The molecule has 1 unspecified atom stereocenters. The SMILES string of the molecule is O=C(NCC1CCCN1)c1nn(-c2ccccc2F)c2c1CCC2. The third kappa shape index (κ3) is 2.71. The highest BCUT2D eigenvalue weighted by Crippen LogP contribution is 2.28. The van der Waals surface area contributed by atoms with E-state index < -0.39 is 0 Å². The minimum atomic E-state index is -0.322. The number of aromatic nitrogens is 2. The Morgan fingerprint density at radius 1 is 1.33 bits per heavy atom. The van der Waals surface area contributed by atoms with Gasteiger partial charge in [0.15, 0.2) is 5.69 Å². The van der Waals surface area contributed by atoms with Gasteiger partial charge in [-0.05, 0) is 50.8 Å². The van der Waals surface area contributed by atoms with Crippen LogP contribution in [0.3, 0.4) is 0 Å². The maximum absolute atomic E-state index is 14.1. The van der Waals surface area contributed by atoms with Crippen molar-refractivity contribution in [1.29, 1.82) is 0 Å². The molecule has 0 radical (unpaired) electrons. The Hall–Kier alpha value is -2.21. The summed E-state index contributed by atoms with van der Waals surface area (Å²) in [7, 11) is 0. The van der Waals surface area contributed by atoms with Gasteiger partial charge in [0, 0.05) is 23.8 Å². The van der Waals surface area contributed by atoms with Gasteiger partial charge in [-0.15, -0.1) is 0 Å². The zero-order valence-electron chi connectivity index (χ0n) is 13.5. The maximum atomic E-state index is 14.1. The monoisotopic (exact) mass is 328 g/mol. The van der Waals surface area contributed by atoms with Crippen molar-refractivity contribution in [3.8, 4) is 5.69 Å². The smallest absolute Gasteiger partial charge is 0.272 e. The van der Waals surface area contributed by atoms with Crippen molar-refractivity contribution in [3.05, 3.63) is 47.0 Å². The van der Waals surface area contributed by atoms with Crippen molar-refractivity contribution in [2.45, 2.75) is 38.1 Å². The number of hydrogen-bond acceptors (Lipinski definition) is 3. The standard InChI is InChI=1S/C18H21FN4O/c19-14-7-1-2-8-16(14)23-15-9-3-6-13(15)17(22-23)18(24)21-11-12-5-4-10-20-12/h1-2,7-8,12,20H,3-6,9-11H2,(H,21,24). The van der Waals surface area contributed by atoms with Crippen molar-refractivity contribution in [2.75, 3.05) is 13.1 Å². The first-order chi connectivity index (χ1) is 11.7. The summed E-state index contributed by atoms with van der Waals surface area (Å²) in [6.07, 6.45) is 4.87. The predicted molar refractivity (Wildman–Crippen MR) is 88.9 cm³/mol. The van der Waals surface area contributed by atoms with Crippen LogP contribution in [0.15, 0.2) is 24.3 Å². The topological polar surface area (TPSA) is 59.0 Å². The molecule has 1 aromatic heterocycles. The molecule has 5 nitrogen and oxygen atoms in total. The van der Waals surface area contributed by atoms with E-state index in [4.69, 9.17) is 0 Å². The highest BCUT2D eigenvalue weighted by molar-refractivity contribution is 5.94. The van der Waals surface area contributed by atoms with E-state index in [2.05, 4.69) is 15.7 Å². The Kier molecular flexibility index (Phi) is 4.06. The van der Waals surface area contributed by atoms with E-state index >= 15 is 0 Å². The van der Waals surface area contributed by atoms with E-state index in [1.54, 1.807) is 22.9 Å². The van der Waals surface area contributed by atoms with Crippen LogP contribution in [-0.4, -0.2) is 34.8 Å². The van der Waals surface area contributed by atoms with E-state index in [0.717, 1.165) is 49.9 Å². The second kappa shape index (κ2) is 6.36. The number of carbonyl (C=O) groups is 1. The molecular weight excluding hydrogens is 307 g/mol. The van der Waals surface area contributed by atoms with Gasteiger partial charge in [-0.2, -0.15) is 5.10 Å². The fraction of sp³-hybridized carbons (Fsp3) is 0.444. The Morgan fingerprint density at radius 2 is 2.21 bits per heavy atom. The molecule has 1 saturated heterocycles. The Balaban J connectivity index is 1.61. The number of rotatable bonds is 4. The van der Waals surface area contributed by atoms with Crippen molar-refractivity contribution in [2.24, 2.45) is 0 Å². The molecule has 6 heteroatoms. The average Bonchev–Trinajstić information content (AvgIpc) is 3.31. The number of carbonyl (C=O) groups excluding carboxylic acids is 1. The zero-order valence-corrected chi connectivity index (χ0v) is 13.5. The molecule has 0 saturated carbocycles. The minimum absolute atomic E-state index is 0.156. The molecular formula is C18H21FN4O. The molecule has 2 aliphatic rings. The van der Waals surface area contributed by atoms with Crippen LogP contribution < -0.4 is 10.6 Å². The first-order valence-corrected chi connectivity index (χ1v) is 8.61. The van der Waals surface area contributed by atoms with Gasteiger partial charge in [-0.1, -0.05) is 12.1 Å². The van der Waals surface area contributed by atoms with E-state index in [0.29, 0.717) is 24.0 Å². The van der Waals surface area contributed by atoms with Gasteiger partial charge in [0.05, 0.1) is 0 Å². The Labute approximate surface area is 140 Å². The molecule has 0 spiro atoms. The number of nitrogens with zero attached hydrogens (tertiary/aromatic N) is 2. The lowest BCUT2D eigenvalue weighted by Crippen LogP contribution is -2.37. The van der Waals surface area contributed by atoms with Gasteiger partial charge in [-0.25, -0.2) is 9.07 Å². The lowest BCUT2D eigenvalue weighted by atomic mass is 10.2. The van der Waals surface area contributed by atoms with Crippen LogP contribution in [0.1, 0.15) is 41.0 Å². The van der Waals surface area contributed by atoms with Crippen molar-refractivity contribution in [1.82, 2.24) is 20.4 Å². The summed E-state index contributed by atoms with van der Waals surface area (Å²) in [5, 5.41) is 10.8. The number of para-hydroxylation sites is 1. The van der Waals surface area contributed by atoms with Gasteiger partial charge in [0.25, 0.3) is 5.91 Å². The van der Waals surface area contributed by atoms with Gasteiger partial charge < -0.3 is 10.6 Å². The molecule has 1 aliphatic heterocycles. The Morgan fingerprint density at radius 3 is 3.00 bits per heavy atom. The summed E-state index contributed by atoms with van der Waals surface area (Å²) in [6.45, 7) is 1.62. The van der Waals surface area contributed by atoms with Gasteiger partial charge in [0.2, 0.25) is 0 Å². The molecule has 1 aliphatic carbocycles. The summed E-state index contributed by atoms with van der Waals surface area (Å²) < 4.78 is 15.7. The number of benzene rings is 1. The van der Waals surface area contributed by atoms with E-state index in [9.17, 15) is 9.18 Å². The number of halogens is 1. The van der Waals surface area contributed by atoms with E-state index in [1.165, 1.54) is 6.07 Å². The lowest BCUT2D eigenvalue weighted by Gasteiger charge is -2.11. The molecule has 2 heterocycles. The van der Waals surface area contributed by atoms with E-state index in [1.807, 2.05) is 0 Å². The van der Waals surface area contributed by atoms with Crippen LogP contribution >= 0.6 is 0 Å². The average molecular weight is 328 g/mol. The lowest BCUT2D eigenvalue weighted by molar-refractivity contribution is 0.0944. The second-order valence-electron chi connectivity index (χ2n) is 6.49. The minimum Gasteiger partial charge on any atom is -0.349 e.